The molecule has 0 aliphatic rings. The van der Waals surface area contributed by atoms with E-state index in [0.717, 1.165) is 18.4 Å². The van der Waals surface area contributed by atoms with Crippen LogP contribution in [0, 0.1) is 5.92 Å². The first-order valence-electron chi connectivity index (χ1n) is 7.14. The van der Waals surface area contributed by atoms with Gasteiger partial charge in [-0.05, 0) is 11.5 Å². The third-order valence-corrected chi connectivity index (χ3v) is 3.48. The van der Waals surface area contributed by atoms with Crippen molar-refractivity contribution in [2.75, 3.05) is 6.54 Å². The molecule has 1 rings (SSSR count). The molecule has 106 valence electrons. The van der Waals surface area contributed by atoms with Gasteiger partial charge in [0.15, 0.2) is 0 Å². The van der Waals surface area contributed by atoms with Crippen LogP contribution in [-0.4, -0.2) is 23.7 Å². The number of carbonyl (C=O) groups excluding carboxylic acids is 1. The maximum absolute atomic E-state index is 11.7. The SMILES string of the molecule is CCC(CC)CC(=O)NCC(O)Cc1ccccc1. The molecular weight excluding hydrogens is 238 g/mol. The van der Waals surface area contributed by atoms with Crippen molar-refractivity contribution in [3.05, 3.63) is 35.9 Å². The Morgan fingerprint density at radius 3 is 2.42 bits per heavy atom. The van der Waals surface area contributed by atoms with Gasteiger partial charge in [-0.25, -0.2) is 0 Å². The molecule has 2 N–H and O–H groups in total. The number of hydrogen-bond donors (Lipinski definition) is 2. The molecule has 3 nitrogen and oxygen atoms in total. The topological polar surface area (TPSA) is 49.3 Å². The summed E-state index contributed by atoms with van der Waals surface area (Å²) in [7, 11) is 0. The van der Waals surface area contributed by atoms with Crippen molar-refractivity contribution >= 4 is 5.91 Å². The summed E-state index contributed by atoms with van der Waals surface area (Å²) in [4.78, 5) is 11.7. The van der Waals surface area contributed by atoms with Crippen LogP contribution in [0.2, 0.25) is 0 Å². The number of amides is 1. The molecule has 1 aromatic rings. The molecular formula is C16H25NO2. The summed E-state index contributed by atoms with van der Waals surface area (Å²) >= 11 is 0. The van der Waals surface area contributed by atoms with Crippen LogP contribution in [0.4, 0.5) is 0 Å². The van der Waals surface area contributed by atoms with Crippen molar-refractivity contribution in [1.29, 1.82) is 0 Å². The first-order chi connectivity index (χ1) is 9.15. The summed E-state index contributed by atoms with van der Waals surface area (Å²) in [5.74, 6) is 0.493. The molecule has 19 heavy (non-hydrogen) atoms. The van der Waals surface area contributed by atoms with E-state index >= 15 is 0 Å². The molecule has 0 heterocycles. The average molecular weight is 263 g/mol. The lowest BCUT2D eigenvalue weighted by molar-refractivity contribution is -0.122. The van der Waals surface area contributed by atoms with Crippen LogP contribution >= 0.6 is 0 Å². The number of nitrogens with one attached hydrogen (secondary N) is 1. The van der Waals surface area contributed by atoms with Crippen LogP contribution in [0.25, 0.3) is 0 Å². The molecule has 0 aromatic heterocycles. The molecule has 0 saturated carbocycles. The van der Waals surface area contributed by atoms with E-state index in [0.29, 0.717) is 25.3 Å². The van der Waals surface area contributed by atoms with Gasteiger partial charge in [0, 0.05) is 19.4 Å². The number of rotatable bonds is 8. The highest BCUT2D eigenvalue weighted by Gasteiger charge is 2.12. The molecule has 1 amide bonds. The van der Waals surface area contributed by atoms with Crippen LogP contribution in [-0.2, 0) is 11.2 Å². The summed E-state index contributed by atoms with van der Waals surface area (Å²) in [6.07, 6.45) is 2.66. The minimum absolute atomic E-state index is 0.0424. The second-order valence-electron chi connectivity index (χ2n) is 5.03. The fourth-order valence-corrected chi connectivity index (χ4v) is 2.10. The van der Waals surface area contributed by atoms with Crippen LogP contribution in [0.5, 0.6) is 0 Å². The Balaban J connectivity index is 2.26. The molecule has 0 aliphatic heterocycles. The van der Waals surface area contributed by atoms with Gasteiger partial charge in [-0.15, -0.1) is 0 Å². The van der Waals surface area contributed by atoms with Gasteiger partial charge in [-0.3, -0.25) is 4.79 Å². The summed E-state index contributed by atoms with van der Waals surface area (Å²) in [6.45, 7) is 4.53. The number of aliphatic hydroxyl groups is 1. The van der Waals surface area contributed by atoms with Gasteiger partial charge >= 0.3 is 0 Å². The Kier molecular flexibility index (Phi) is 7.19. The number of hydrogen-bond acceptors (Lipinski definition) is 2. The zero-order valence-corrected chi connectivity index (χ0v) is 11.9. The third-order valence-electron chi connectivity index (χ3n) is 3.48. The largest absolute Gasteiger partial charge is 0.391 e. The van der Waals surface area contributed by atoms with E-state index in [9.17, 15) is 9.90 Å². The lowest BCUT2D eigenvalue weighted by Gasteiger charge is -2.15. The maximum Gasteiger partial charge on any atom is 0.220 e. The Morgan fingerprint density at radius 1 is 1.21 bits per heavy atom. The van der Waals surface area contributed by atoms with E-state index in [-0.39, 0.29) is 5.91 Å². The molecule has 3 heteroatoms. The predicted octanol–water partition coefficient (Wildman–Crippen LogP) is 2.53. The maximum atomic E-state index is 11.7. The zero-order chi connectivity index (χ0) is 14.1. The predicted molar refractivity (Wildman–Crippen MR) is 77.9 cm³/mol. The van der Waals surface area contributed by atoms with E-state index in [4.69, 9.17) is 0 Å². The van der Waals surface area contributed by atoms with E-state index in [2.05, 4.69) is 19.2 Å². The van der Waals surface area contributed by atoms with Gasteiger partial charge in [-0.2, -0.15) is 0 Å². The van der Waals surface area contributed by atoms with Crippen molar-refractivity contribution in [2.45, 2.75) is 45.6 Å². The summed E-state index contributed by atoms with van der Waals surface area (Å²) < 4.78 is 0. The normalized spacial score (nSPS) is 12.4. The monoisotopic (exact) mass is 263 g/mol. The Bertz CT molecular complexity index is 360. The van der Waals surface area contributed by atoms with Gasteiger partial charge in [0.1, 0.15) is 0 Å². The summed E-state index contributed by atoms with van der Waals surface area (Å²) in [5, 5.41) is 12.7. The first kappa shape index (κ1) is 15.7. The first-order valence-corrected chi connectivity index (χ1v) is 7.14. The van der Waals surface area contributed by atoms with Crippen molar-refractivity contribution in [3.63, 3.8) is 0 Å². The van der Waals surface area contributed by atoms with Gasteiger partial charge < -0.3 is 10.4 Å². The quantitative estimate of drug-likeness (QED) is 0.757. The van der Waals surface area contributed by atoms with Gasteiger partial charge in [0.2, 0.25) is 5.91 Å². The average Bonchev–Trinajstić information content (AvgIpc) is 2.43. The smallest absolute Gasteiger partial charge is 0.220 e. The molecule has 0 radical (unpaired) electrons. The minimum atomic E-state index is -0.520. The Hall–Kier alpha value is -1.35. The number of benzene rings is 1. The van der Waals surface area contributed by atoms with Gasteiger partial charge in [0.25, 0.3) is 0 Å². The fourth-order valence-electron chi connectivity index (χ4n) is 2.10. The number of aliphatic hydroxyl groups excluding tert-OH is 1. The van der Waals surface area contributed by atoms with Crippen molar-refractivity contribution in [1.82, 2.24) is 5.32 Å². The van der Waals surface area contributed by atoms with Gasteiger partial charge in [-0.1, -0.05) is 57.0 Å². The molecule has 1 atom stereocenters. The van der Waals surface area contributed by atoms with Gasteiger partial charge in [0.05, 0.1) is 6.10 Å². The molecule has 0 fully saturated rings. The standard InChI is InChI=1S/C16H25NO2/c1-3-13(4-2)11-16(19)17-12-15(18)10-14-8-6-5-7-9-14/h5-9,13,15,18H,3-4,10-12H2,1-2H3,(H,17,19). The van der Waals surface area contributed by atoms with Crippen LogP contribution in [0.15, 0.2) is 30.3 Å². The molecule has 0 bridgehead atoms. The van der Waals surface area contributed by atoms with Crippen molar-refractivity contribution in [3.8, 4) is 0 Å². The van der Waals surface area contributed by atoms with Crippen LogP contribution in [0.3, 0.4) is 0 Å². The number of carbonyl (C=O) groups is 1. The highest BCUT2D eigenvalue weighted by molar-refractivity contribution is 5.76. The summed E-state index contributed by atoms with van der Waals surface area (Å²) in [6, 6.07) is 9.82. The minimum Gasteiger partial charge on any atom is -0.391 e. The summed E-state index contributed by atoms with van der Waals surface area (Å²) in [5.41, 5.74) is 1.09. The Morgan fingerprint density at radius 2 is 1.84 bits per heavy atom. The van der Waals surface area contributed by atoms with E-state index < -0.39 is 6.10 Å². The second kappa shape index (κ2) is 8.70. The van der Waals surface area contributed by atoms with Crippen molar-refractivity contribution in [2.24, 2.45) is 5.92 Å². The van der Waals surface area contributed by atoms with E-state index in [1.54, 1.807) is 0 Å². The van der Waals surface area contributed by atoms with E-state index in [1.807, 2.05) is 30.3 Å². The third kappa shape index (κ3) is 6.39. The van der Waals surface area contributed by atoms with E-state index in [1.165, 1.54) is 0 Å². The molecule has 1 aromatic carbocycles. The molecule has 0 saturated heterocycles. The highest BCUT2D eigenvalue weighted by Crippen LogP contribution is 2.11. The molecule has 1 unspecified atom stereocenters. The van der Waals surface area contributed by atoms with Crippen molar-refractivity contribution < 1.29 is 9.90 Å². The Labute approximate surface area is 116 Å². The fraction of sp³-hybridized carbons (Fsp3) is 0.562. The lowest BCUT2D eigenvalue weighted by Crippen LogP contribution is -2.34. The highest BCUT2D eigenvalue weighted by atomic mass is 16.3. The van der Waals surface area contributed by atoms with Crippen LogP contribution in [0.1, 0.15) is 38.7 Å². The second-order valence-corrected chi connectivity index (χ2v) is 5.03. The molecule has 0 aliphatic carbocycles. The molecule has 0 spiro atoms. The zero-order valence-electron chi connectivity index (χ0n) is 11.9. The van der Waals surface area contributed by atoms with Crippen LogP contribution < -0.4 is 5.32 Å². The lowest BCUT2D eigenvalue weighted by atomic mass is 9.99.